The van der Waals surface area contributed by atoms with Crippen LogP contribution in [0.25, 0.3) is 16.6 Å². The number of anilines is 1. The first-order valence-electron chi connectivity index (χ1n) is 9.25. The van der Waals surface area contributed by atoms with Crippen LogP contribution in [0.1, 0.15) is 29.6 Å². The van der Waals surface area contributed by atoms with Crippen LogP contribution in [0.15, 0.2) is 47.4 Å². The van der Waals surface area contributed by atoms with Gasteiger partial charge in [-0.25, -0.2) is 13.6 Å². The summed E-state index contributed by atoms with van der Waals surface area (Å²) >= 11 is 0. The molecule has 1 aliphatic carbocycles. The molecule has 1 heterocycles. The molecule has 6 nitrogen and oxygen atoms in total. The summed E-state index contributed by atoms with van der Waals surface area (Å²) in [6.45, 7) is 0. The van der Waals surface area contributed by atoms with Gasteiger partial charge in [-0.2, -0.15) is 0 Å². The number of nitrogens with one attached hydrogen (secondary N) is 1. The molecule has 4 rings (SSSR count). The van der Waals surface area contributed by atoms with Crippen molar-refractivity contribution < 1.29 is 18.7 Å². The van der Waals surface area contributed by atoms with Crippen molar-refractivity contribution >= 4 is 22.6 Å². The van der Waals surface area contributed by atoms with E-state index in [-0.39, 0.29) is 23.2 Å². The van der Waals surface area contributed by atoms with E-state index in [9.17, 15) is 23.5 Å². The summed E-state index contributed by atoms with van der Waals surface area (Å²) in [5.41, 5.74) is 5.70. The van der Waals surface area contributed by atoms with Crippen LogP contribution in [0.3, 0.4) is 0 Å². The molecule has 8 heteroatoms. The number of hydrogen-bond donors (Lipinski definition) is 3. The Hall–Kier alpha value is -3.26. The summed E-state index contributed by atoms with van der Waals surface area (Å²) in [6.07, 6.45) is 3.76. The molecular weight excluding hydrogens is 380 g/mol. The third kappa shape index (κ3) is 3.47. The molecule has 1 aromatic heterocycles. The Morgan fingerprint density at radius 3 is 2.52 bits per heavy atom. The summed E-state index contributed by atoms with van der Waals surface area (Å²) in [5.74, 6) is -2.55. The van der Waals surface area contributed by atoms with Crippen molar-refractivity contribution in [3.8, 4) is 5.69 Å². The number of halogens is 2. The summed E-state index contributed by atoms with van der Waals surface area (Å²) in [5, 5.41) is 12.4. The first-order valence-corrected chi connectivity index (χ1v) is 9.25. The second kappa shape index (κ2) is 7.29. The molecule has 0 saturated heterocycles. The number of carbonyl (C=O) groups is 1. The van der Waals surface area contributed by atoms with E-state index in [4.69, 9.17) is 5.73 Å². The lowest BCUT2D eigenvalue weighted by Crippen LogP contribution is -2.35. The molecule has 2 aromatic carbocycles. The largest absolute Gasteiger partial charge is 0.477 e. The lowest BCUT2D eigenvalue weighted by atomic mass is 10.1. The van der Waals surface area contributed by atoms with Gasteiger partial charge in [0.1, 0.15) is 17.2 Å². The number of aromatic carboxylic acids is 1. The minimum absolute atomic E-state index is 0.0759. The third-order valence-electron chi connectivity index (χ3n) is 5.34. The number of aromatic nitrogens is 1. The summed E-state index contributed by atoms with van der Waals surface area (Å²) in [6, 6.07) is 7.66. The van der Waals surface area contributed by atoms with Crippen molar-refractivity contribution in [2.24, 2.45) is 5.73 Å². The standard InChI is InChI=1S/C21H19F2N3O3/c22-11-4-6-12(7-5-11)26-10-14(21(28)29)20(27)13-8-15(23)18(9-19(13)26)25-17-3-1-2-16(17)24/h4-10,16-17,25H,1-3,24H2,(H,28,29). The van der Waals surface area contributed by atoms with Crippen LogP contribution in [-0.4, -0.2) is 27.7 Å². The van der Waals surface area contributed by atoms with Crippen LogP contribution in [0.2, 0.25) is 0 Å². The van der Waals surface area contributed by atoms with Crippen LogP contribution >= 0.6 is 0 Å². The van der Waals surface area contributed by atoms with Crippen LogP contribution in [-0.2, 0) is 0 Å². The zero-order valence-corrected chi connectivity index (χ0v) is 15.4. The molecule has 1 aliphatic rings. The average molecular weight is 399 g/mol. The van der Waals surface area contributed by atoms with E-state index in [0.717, 1.165) is 25.3 Å². The third-order valence-corrected chi connectivity index (χ3v) is 5.34. The van der Waals surface area contributed by atoms with Gasteiger partial charge in [0, 0.05) is 29.4 Å². The summed E-state index contributed by atoms with van der Waals surface area (Å²) in [7, 11) is 0. The first-order chi connectivity index (χ1) is 13.8. The number of nitrogens with zero attached hydrogens (tertiary/aromatic N) is 1. The number of nitrogens with two attached hydrogens (primary N) is 1. The predicted molar refractivity (Wildman–Crippen MR) is 106 cm³/mol. The topological polar surface area (TPSA) is 97.3 Å². The van der Waals surface area contributed by atoms with Crippen LogP contribution in [0.4, 0.5) is 14.5 Å². The Labute approximate surface area is 164 Å². The van der Waals surface area contributed by atoms with Crippen molar-refractivity contribution in [1.29, 1.82) is 0 Å². The normalized spacial score (nSPS) is 18.9. The number of rotatable bonds is 4. The second-order valence-electron chi connectivity index (χ2n) is 7.22. The van der Waals surface area contributed by atoms with Gasteiger partial charge < -0.3 is 20.7 Å². The molecule has 0 amide bonds. The fourth-order valence-corrected chi connectivity index (χ4v) is 3.79. The lowest BCUT2D eigenvalue weighted by molar-refractivity contribution is 0.0695. The number of pyridine rings is 1. The molecule has 0 radical (unpaired) electrons. The van der Waals surface area contributed by atoms with Gasteiger partial charge in [0.15, 0.2) is 0 Å². The number of carboxylic acids is 1. The van der Waals surface area contributed by atoms with Crippen LogP contribution in [0, 0.1) is 11.6 Å². The number of hydrogen-bond acceptors (Lipinski definition) is 4. The highest BCUT2D eigenvalue weighted by molar-refractivity contribution is 5.94. The molecule has 0 spiro atoms. The Bertz CT molecular complexity index is 1160. The maximum absolute atomic E-state index is 14.8. The molecular formula is C21H19F2N3O3. The van der Waals surface area contributed by atoms with Gasteiger partial charge in [-0.05, 0) is 55.7 Å². The van der Waals surface area contributed by atoms with Gasteiger partial charge in [-0.3, -0.25) is 4.79 Å². The zero-order valence-electron chi connectivity index (χ0n) is 15.4. The molecule has 4 N–H and O–H groups in total. The lowest BCUT2D eigenvalue weighted by Gasteiger charge is -2.20. The molecule has 150 valence electrons. The Morgan fingerprint density at radius 1 is 1.17 bits per heavy atom. The molecule has 3 aromatic rings. The molecule has 1 fully saturated rings. The van der Waals surface area contributed by atoms with Gasteiger partial charge in [0.05, 0.1) is 11.2 Å². The molecule has 0 aliphatic heterocycles. The van der Waals surface area contributed by atoms with Gasteiger partial charge in [0.25, 0.3) is 0 Å². The predicted octanol–water partition coefficient (Wildman–Crippen LogP) is 3.26. The summed E-state index contributed by atoms with van der Waals surface area (Å²) in [4.78, 5) is 24.1. The quantitative estimate of drug-likeness (QED) is 0.626. The van der Waals surface area contributed by atoms with E-state index in [1.807, 2.05) is 0 Å². The minimum atomic E-state index is -1.42. The van der Waals surface area contributed by atoms with Crippen molar-refractivity contribution in [2.75, 3.05) is 5.32 Å². The van der Waals surface area contributed by atoms with Gasteiger partial charge in [0.2, 0.25) is 5.43 Å². The molecule has 2 atom stereocenters. The molecule has 0 bridgehead atoms. The van der Waals surface area contributed by atoms with E-state index in [0.29, 0.717) is 11.2 Å². The monoisotopic (exact) mass is 399 g/mol. The Morgan fingerprint density at radius 2 is 1.90 bits per heavy atom. The fourth-order valence-electron chi connectivity index (χ4n) is 3.79. The second-order valence-corrected chi connectivity index (χ2v) is 7.22. The maximum Gasteiger partial charge on any atom is 0.341 e. The van der Waals surface area contributed by atoms with Gasteiger partial charge in [-0.15, -0.1) is 0 Å². The number of benzene rings is 2. The first kappa shape index (κ1) is 19.1. The maximum atomic E-state index is 14.8. The van der Waals surface area contributed by atoms with E-state index in [2.05, 4.69) is 5.32 Å². The Kier molecular flexibility index (Phi) is 4.79. The average Bonchev–Trinajstić information content (AvgIpc) is 3.08. The van der Waals surface area contributed by atoms with Gasteiger partial charge in [-0.1, -0.05) is 0 Å². The number of carboxylic acid groups (broad SMARTS) is 1. The zero-order chi connectivity index (χ0) is 20.7. The molecule has 1 saturated carbocycles. The van der Waals surface area contributed by atoms with Crippen molar-refractivity contribution in [3.63, 3.8) is 0 Å². The van der Waals surface area contributed by atoms with E-state index < -0.39 is 28.6 Å². The van der Waals surface area contributed by atoms with Crippen LogP contribution in [0.5, 0.6) is 0 Å². The van der Waals surface area contributed by atoms with Crippen molar-refractivity contribution in [2.45, 2.75) is 31.3 Å². The fraction of sp³-hybridized carbons (Fsp3) is 0.238. The highest BCUT2D eigenvalue weighted by Gasteiger charge is 2.25. The van der Waals surface area contributed by atoms with Crippen LogP contribution < -0.4 is 16.5 Å². The number of fused-ring (bicyclic) bond motifs is 1. The Balaban J connectivity index is 1.94. The van der Waals surface area contributed by atoms with Crippen molar-refractivity contribution in [3.05, 3.63) is 70.0 Å². The van der Waals surface area contributed by atoms with E-state index >= 15 is 0 Å². The van der Waals surface area contributed by atoms with Gasteiger partial charge >= 0.3 is 5.97 Å². The SMILES string of the molecule is NC1CCCC1Nc1cc2c(cc1F)c(=O)c(C(=O)O)cn2-c1ccc(F)cc1. The highest BCUT2D eigenvalue weighted by atomic mass is 19.1. The summed E-state index contributed by atoms with van der Waals surface area (Å²) < 4.78 is 29.5. The molecule has 29 heavy (non-hydrogen) atoms. The molecule has 2 unspecified atom stereocenters. The smallest absolute Gasteiger partial charge is 0.341 e. The van der Waals surface area contributed by atoms with E-state index in [1.54, 1.807) is 0 Å². The van der Waals surface area contributed by atoms with E-state index in [1.165, 1.54) is 41.1 Å². The van der Waals surface area contributed by atoms with Crippen molar-refractivity contribution in [1.82, 2.24) is 4.57 Å². The highest BCUT2D eigenvalue weighted by Crippen LogP contribution is 2.28. The minimum Gasteiger partial charge on any atom is -0.477 e.